The SMILES string of the molecule is Cn1ncc2c(c1=O)Sc1ccccc1N2. The first kappa shape index (κ1) is 9.47. The molecule has 5 heteroatoms. The summed E-state index contributed by atoms with van der Waals surface area (Å²) in [5.74, 6) is 0. The number of rotatable bonds is 0. The Bertz CT molecular complexity index is 621. The molecule has 0 spiro atoms. The Kier molecular flexibility index (Phi) is 2.00. The molecule has 0 saturated heterocycles. The number of hydrogen-bond acceptors (Lipinski definition) is 4. The number of para-hydroxylation sites is 1. The highest BCUT2D eigenvalue weighted by atomic mass is 32.2. The lowest BCUT2D eigenvalue weighted by molar-refractivity contribution is 0.690. The molecule has 0 radical (unpaired) electrons. The maximum atomic E-state index is 11.9. The first-order chi connectivity index (χ1) is 7.75. The van der Waals surface area contributed by atoms with Gasteiger partial charge in [0.05, 0.1) is 17.6 Å². The van der Waals surface area contributed by atoms with Crippen molar-refractivity contribution < 1.29 is 0 Å². The lowest BCUT2D eigenvalue weighted by Gasteiger charge is -2.19. The van der Waals surface area contributed by atoms with E-state index in [1.165, 1.54) is 16.4 Å². The second kappa shape index (κ2) is 3.38. The summed E-state index contributed by atoms with van der Waals surface area (Å²) >= 11 is 1.49. The van der Waals surface area contributed by atoms with E-state index in [2.05, 4.69) is 10.4 Å². The van der Waals surface area contributed by atoms with Crippen LogP contribution in [0.25, 0.3) is 0 Å². The van der Waals surface area contributed by atoms with Crippen molar-refractivity contribution in [2.45, 2.75) is 9.79 Å². The summed E-state index contributed by atoms with van der Waals surface area (Å²) in [6.45, 7) is 0. The van der Waals surface area contributed by atoms with E-state index in [9.17, 15) is 4.79 Å². The minimum Gasteiger partial charge on any atom is -0.352 e. The van der Waals surface area contributed by atoms with Crippen LogP contribution >= 0.6 is 11.8 Å². The largest absolute Gasteiger partial charge is 0.352 e. The maximum absolute atomic E-state index is 11.9. The van der Waals surface area contributed by atoms with Crippen LogP contribution in [-0.2, 0) is 7.05 Å². The molecule has 0 amide bonds. The molecule has 2 heterocycles. The predicted molar refractivity (Wildman–Crippen MR) is 63.3 cm³/mol. The minimum atomic E-state index is -0.0653. The van der Waals surface area contributed by atoms with E-state index >= 15 is 0 Å². The number of aromatic nitrogens is 2. The molecule has 0 bridgehead atoms. The quantitative estimate of drug-likeness (QED) is 0.642. The van der Waals surface area contributed by atoms with Crippen molar-refractivity contribution in [1.82, 2.24) is 9.78 Å². The molecule has 1 N–H and O–H groups in total. The second-order valence-corrected chi connectivity index (χ2v) is 4.59. The summed E-state index contributed by atoms with van der Waals surface area (Å²) in [5, 5.41) is 7.21. The molecule has 80 valence electrons. The fourth-order valence-electron chi connectivity index (χ4n) is 1.62. The summed E-state index contributed by atoms with van der Waals surface area (Å²) in [7, 11) is 1.66. The first-order valence-corrected chi connectivity index (χ1v) is 5.67. The van der Waals surface area contributed by atoms with E-state index < -0.39 is 0 Å². The molecule has 0 saturated carbocycles. The molecule has 1 aromatic carbocycles. The van der Waals surface area contributed by atoms with Crippen molar-refractivity contribution >= 4 is 23.1 Å². The standard InChI is InChI=1S/C11H9N3OS/c1-14-11(15)10-8(6-12-14)13-7-4-2-3-5-9(7)16-10/h2-6,13H,1H3. The van der Waals surface area contributed by atoms with Gasteiger partial charge >= 0.3 is 0 Å². The van der Waals surface area contributed by atoms with Gasteiger partial charge in [-0.3, -0.25) is 4.79 Å². The lowest BCUT2D eigenvalue weighted by atomic mass is 10.3. The molecule has 3 rings (SSSR count). The van der Waals surface area contributed by atoms with Gasteiger partial charge in [-0.2, -0.15) is 5.10 Å². The molecular formula is C11H9N3OS. The molecule has 1 aromatic heterocycles. The van der Waals surface area contributed by atoms with Gasteiger partial charge in [-0.25, -0.2) is 4.68 Å². The van der Waals surface area contributed by atoms with Crippen LogP contribution in [0.3, 0.4) is 0 Å². The Balaban J connectivity index is 2.20. The molecule has 0 atom stereocenters. The monoisotopic (exact) mass is 231 g/mol. The summed E-state index contributed by atoms with van der Waals surface area (Å²) in [6.07, 6.45) is 1.68. The number of nitrogens with one attached hydrogen (secondary N) is 1. The van der Waals surface area contributed by atoms with Crippen LogP contribution < -0.4 is 10.9 Å². The average molecular weight is 231 g/mol. The van der Waals surface area contributed by atoms with Crippen LogP contribution in [0, 0.1) is 0 Å². The highest BCUT2D eigenvalue weighted by molar-refractivity contribution is 7.99. The third-order valence-electron chi connectivity index (χ3n) is 2.46. The summed E-state index contributed by atoms with van der Waals surface area (Å²) in [6, 6.07) is 7.91. The fraction of sp³-hybridized carbons (Fsp3) is 0.0909. The van der Waals surface area contributed by atoms with Crippen molar-refractivity contribution in [3.05, 3.63) is 40.8 Å². The Labute approximate surface area is 96.3 Å². The molecule has 1 aliphatic rings. The highest BCUT2D eigenvalue weighted by Gasteiger charge is 2.18. The Morgan fingerprint density at radius 1 is 1.31 bits per heavy atom. The Morgan fingerprint density at radius 2 is 2.12 bits per heavy atom. The van der Waals surface area contributed by atoms with Gasteiger partial charge in [0.1, 0.15) is 4.90 Å². The van der Waals surface area contributed by atoms with E-state index in [1.807, 2.05) is 24.3 Å². The topological polar surface area (TPSA) is 46.9 Å². The van der Waals surface area contributed by atoms with Gasteiger partial charge < -0.3 is 5.32 Å². The summed E-state index contributed by atoms with van der Waals surface area (Å²) < 4.78 is 1.35. The summed E-state index contributed by atoms with van der Waals surface area (Å²) in [5.41, 5.74) is 1.74. The Morgan fingerprint density at radius 3 is 3.00 bits per heavy atom. The third kappa shape index (κ3) is 1.32. The zero-order valence-electron chi connectivity index (χ0n) is 8.60. The third-order valence-corrected chi connectivity index (χ3v) is 3.64. The van der Waals surface area contributed by atoms with Gasteiger partial charge in [-0.1, -0.05) is 23.9 Å². The molecule has 1 aliphatic heterocycles. The zero-order chi connectivity index (χ0) is 11.1. The van der Waals surface area contributed by atoms with Crippen LogP contribution in [0.2, 0.25) is 0 Å². The van der Waals surface area contributed by atoms with E-state index in [4.69, 9.17) is 0 Å². The number of aryl methyl sites for hydroxylation is 1. The number of benzene rings is 1. The van der Waals surface area contributed by atoms with Gasteiger partial charge in [0, 0.05) is 11.9 Å². The molecule has 2 aromatic rings. The van der Waals surface area contributed by atoms with Gasteiger partial charge in [0.25, 0.3) is 5.56 Å². The maximum Gasteiger partial charge on any atom is 0.282 e. The van der Waals surface area contributed by atoms with Crippen molar-refractivity contribution in [3.63, 3.8) is 0 Å². The molecule has 0 unspecified atom stereocenters. The molecule has 4 nitrogen and oxygen atoms in total. The second-order valence-electron chi connectivity index (χ2n) is 3.54. The molecule has 16 heavy (non-hydrogen) atoms. The smallest absolute Gasteiger partial charge is 0.282 e. The van der Waals surface area contributed by atoms with Crippen LogP contribution in [0.15, 0.2) is 45.0 Å². The van der Waals surface area contributed by atoms with Gasteiger partial charge in [-0.05, 0) is 12.1 Å². The average Bonchev–Trinajstić information content (AvgIpc) is 2.32. The predicted octanol–water partition coefficient (Wildman–Crippen LogP) is 1.99. The molecule has 0 fully saturated rings. The number of anilines is 2. The zero-order valence-corrected chi connectivity index (χ0v) is 9.41. The highest BCUT2D eigenvalue weighted by Crippen LogP contribution is 2.41. The molecular weight excluding hydrogens is 222 g/mol. The summed E-state index contributed by atoms with van der Waals surface area (Å²) in [4.78, 5) is 13.6. The van der Waals surface area contributed by atoms with Crippen molar-refractivity contribution in [3.8, 4) is 0 Å². The normalized spacial score (nSPS) is 12.6. The van der Waals surface area contributed by atoms with E-state index in [0.717, 1.165) is 16.3 Å². The van der Waals surface area contributed by atoms with Crippen molar-refractivity contribution in [2.75, 3.05) is 5.32 Å². The van der Waals surface area contributed by atoms with E-state index in [-0.39, 0.29) is 5.56 Å². The lowest BCUT2D eigenvalue weighted by Crippen LogP contribution is -2.23. The first-order valence-electron chi connectivity index (χ1n) is 4.86. The van der Waals surface area contributed by atoms with Gasteiger partial charge in [-0.15, -0.1) is 0 Å². The van der Waals surface area contributed by atoms with Crippen molar-refractivity contribution in [1.29, 1.82) is 0 Å². The number of fused-ring (bicyclic) bond motifs is 2. The van der Waals surface area contributed by atoms with Crippen molar-refractivity contribution in [2.24, 2.45) is 7.05 Å². The van der Waals surface area contributed by atoms with Crippen LogP contribution in [0.4, 0.5) is 11.4 Å². The molecule has 0 aliphatic carbocycles. The van der Waals surface area contributed by atoms with E-state index in [0.29, 0.717) is 4.90 Å². The van der Waals surface area contributed by atoms with Crippen LogP contribution in [-0.4, -0.2) is 9.78 Å². The minimum absolute atomic E-state index is 0.0653. The Hall–Kier alpha value is -1.75. The van der Waals surface area contributed by atoms with Gasteiger partial charge in [0.2, 0.25) is 0 Å². The number of hydrogen-bond donors (Lipinski definition) is 1. The fourth-order valence-corrected chi connectivity index (χ4v) is 2.65. The van der Waals surface area contributed by atoms with Crippen LogP contribution in [0.1, 0.15) is 0 Å². The number of nitrogens with zero attached hydrogens (tertiary/aromatic N) is 2. The van der Waals surface area contributed by atoms with Gasteiger partial charge in [0.15, 0.2) is 0 Å². The van der Waals surface area contributed by atoms with Crippen LogP contribution in [0.5, 0.6) is 0 Å². The van der Waals surface area contributed by atoms with E-state index in [1.54, 1.807) is 13.2 Å².